The van der Waals surface area contributed by atoms with Crippen LogP contribution in [0.25, 0.3) is 0 Å². The molecule has 0 aromatic heterocycles. The highest BCUT2D eigenvalue weighted by Gasteiger charge is 2.10. The number of hydrogen-bond donors (Lipinski definition) is 0. The second-order valence-corrected chi connectivity index (χ2v) is 3.78. The summed E-state index contributed by atoms with van der Waals surface area (Å²) in [6.45, 7) is 9.26. The van der Waals surface area contributed by atoms with Crippen LogP contribution in [0.1, 0.15) is 19.8 Å². The van der Waals surface area contributed by atoms with Crippen LogP contribution in [0.5, 0.6) is 0 Å². The van der Waals surface area contributed by atoms with Gasteiger partial charge in [0.15, 0.2) is 0 Å². The van der Waals surface area contributed by atoms with Crippen molar-refractivity contribution in [1.29, 1.82) is 0 Å². The lowest BCUT2D eigenvalue weighted by Crippen LogP contribution is -2.41. The summed E-state index contributed by atoms with van der Waals surface area (Å²) in [6, 6.07) is 0. The molecule has 1 heterocycles. The molecule has 0 fully saturated rings. The minimum atomic E-state index is 0.972. The minimum absolute atomic E-state index is 0.972. The fraction of sp³-hybridized carbons (Fsp3) is 0.636. The lowest BCUT2D eigenvalue weighted by molar-refractivity contribution is 0.0132. The van der Waals surface area contributed by atoms with E-state index in [4.69, 9.17) is 0 Å². The van der Waals surface area contributed by atoms with Crippen molar-refractivity contribution < 1.29 is 0 Å². The molecule has 0 saturated heterocycles. The number of rotatable bonds is 3. The molecule has 74 valence electrons. The zero-order valence-electron chi connectivity index (χ0n) is 8.79. The first-order valence-corrected chi connectivity index (χ1v) is 4.95. The van der Waals surface area contributed by atoms with E-state index < -0.39 is 0 Å². The summed E-state index contributed by atoms with van der Waals surface area (Å²) < 4.78 is 0. The summed E-state index contributed by atoms with van der Waals surface area (Å²) in [5.74, 6) is 0. The molecule has 1 aliphatic heterocycles. The summed E-state index contributed by atoms with van der Waals surface area (Å²) in [7, 11) is 2.14. The summed E-state index contributed by atoms with van der Waals surface area (Å²) in [5, 5.41) is 4.67. The van der Waals surface area contributed by atoms with Crippen molar-refractivity contribution in [2.45, 2.75) is 19.8 Å². The number of hydrogen-bond acceptors (Lipinski definition) is 2. The molecule has 0 aromatic carbocycles. The Morgan fingerprint density at radius 2 is 1.92 bits per heavy atom. The van der Waals surface area contributed by atoms with E-state index in [1.807, 2.05) is 0 Å². The van der Waals surface area contributed by atoms with E-state index in [2.05, 4.69) is 42.7 Å². The third kappa shape index (κ3) is 3.75. The Hall–Kier alpha value is -0.600. The highest BCUT2D eigenvalue weighted by molar-refractivity contribution is 4.92. The molecule has 0 atom stereocenters. The first kappa shape index (κ1) is 10.5. The third-order valence-electron chi connectivity index (χ3n) is 2.26. The summed E-state index contributed by atoms with van der Waals surface area (Å²) in [5.41, 5.74) is 1.22. The van der Waals surface area contributed by atoms with Gasteiger partial charge in [0.1, 0.15) is 0 Å². The Morgan fingerprint density at radius 3 is 2.38 bits per heavy atom. The molecule has 2 heteroatoms. The minimum Gasteiger partial charge on any atom is -0.241 e. The van der Waals surface area contributed by atoms with Crippen LogP contribution in [0, 0.1) is 0 Å². The quantitative estimate of drug-likeness (QED) is 0.613. The Balaban J connectivity index is 2.37. The van der Waals surface area contributed by atoms with E-state index in [1.165, 1.54) is 18.4 Å². The molecule has 0 amide bonds. The molecule has 0 unspecified atom stereocenters. The van der Waals surface area contributed by atoms with Gasteiger partial charge in [-0.05, 0) is 19.8 Å². The molecule has 0 N–H and O–H groups in total. The van der Waals surface area contributed by atoms with Gasteiger partial charge >= 0.3 is 0 Å². The monoisotopic (exact) mass is 180 g/mol. The van der Waals surface area contributed by atoms with Crippen molar-refractivity contribution in [3.05, 3.63) is 24.3 Å². The number of nitrogens with zero attached hydrogens (tertiary/aromatic N) is 2. The zero-order valence-corrected chi connectivity index (χ0v) is 8.79. The predicted octanol–water partition coefficient (Wildman–Crippen LogP) is 2.06. The van der Waals surface area contributed by atoms with Crippen LogP contribution in [0.2, 0.25) is 0 Å². The summed E-state index contributed by atoms with van der Waals surface area (Å²) in [4.78, 5) is 0. The van der Waals surface area contributed by atoms with Gasteiger partial charge in [-0.25, -0.2) is 10.0 Å². The van der Waals surface area contributed by atoms with Crippen molar-refractivity contribution in [3.8, 4) is 0 Å². The lowest BCUT2D eigenvalue weighted by atomic mass is 10.3. The van der Waals surface area contributed by atoms with E-state index in [-0.39, 0.29) is 0 Å². The average Bonchev–Trinajstić information content (AvgIpc) is 2.29. The van der Waals surface area contributed by atoms with Gasteiger partial charge in [-0.2, -0.15) is 0 Å². The normalized spacial score (nSPS) is 19.0. The second-order valence-electron chi connectivity index (χ2n) is 3.78. The molecular weight excluding hydrogens is 160 g/mol. The van der Waals surface area contributed by atoms with Crippen molar-refractivity contribution in [2.24, 2.45) is 0 Å². The van der Waals surface area contributed by atoms with Crippen LogP contribution in [0.15, 0.2) is 24.3 Å². The largest absolute Gasteiger partial charge is 0.241 e. The molecule has 0 aliphatic carbocycles. The van der Waals surface area contributed by atoms with E-state index in [1.54, 1.807) is 0 Å². The van der Waals surface area contributed by atoms with Crippen LogP contribution in [0.4, 0.5) is 0 Å². The smallest absolute Gasteiger partial charge is 0.0335 e. The lowest BCUT2D eigenvalue weighted by Gasteiger charge is -2.30. The van der Waals surface area contributed by atoms with Crippen LogP contribution >= 0.6 is 0 Å². The maximum Gasteiger partial charge on any atom is 0.0335 e. The molecule has 0 spiro atoms. The molecule has 13 heavy (non-hydrogen) atoms. The van der Waals surface area contributed by atoms with Crippen molar-refractivity contribution >= 4 is 0 Å². The van der Waals surface area contributed by atoms with Gasteiger partial charge in [-0.1, -0.05) is 24.3 Å². The number of likely N-dealkylation sites (N-methyl/N-ethyl adjacent to an activating group) is 1. The highest BCUT2D eigenvalue weighted by atomic mass is 15.6. The molecule has 0 aromatic rings. The van der Waals surface area contributed by atoms with Gasteiger partial charge in [0.2, 0.25) is 0 Å². The first-order chi connectivity index (χ1) is 6.20. The summed E-state index contributed by atoms with van der Waals surface area (Å²) >= 11 is 0. The highest BCUT2D eigenvalue weighted by Crippen LogP contribution is 2.06. The van der Waals surface area contributed by atoms with Gasteiger partial charge in [0.05, 0.1) is 0 Å². The molecule has 2 nitrogen and oxygen atoms in total. The SMILES string of the molecule is C=C(C)CN(C)N1CCC=CCC1. The number of hydrazine groups is 1. The Morgan fingerprint density at radius 1 is 1.38 bits per heavy atom. The first-order valence-electron chi connectivity index (χ1n) is 4.95. The molecule has 1 rings (SSSR count). The van der Waals surface area contributed by atoms with Crippen LogP contribution in [-0.4, -0.2) is 36.7 Å². The predicted molar refractivity (Wildman–Crippen MR) is 57.4 cm³/mol. The zero-order chi connectivity index (χ0) is 9.68. The van der Waals surface area contributed by atoms with Crippen LogP contribution < -0.4 is 0 Å². The van der Waals surface area contributed by atoms with Crippen LogP contribution in [0.3, 0.4) is 0 Å². The Labute approximate surface area is 81.5 Å². The molecule has 0 radical (unpaired) electrons. The van der Waals surface area contributed by atoms with Gasteiger partial charge in [0, 0.05) is 26.7 Å². The molecule has 0 bridgehead atoms. The van der Waals surface area contributed by atoms with E-state index in [9.17, 15) is 0 Å². The topological polar surface area (TPSA) is 6.48 Å². The molecule has 0 saturated carbocycles. The van der Waals surface area contributed by atoms with Gasteiger partial charge in [-0.3, -0.25) is 0 Å². The van der Waals surface area contributed by atoms with Gasteiger partial charge in [0.25, 0.3) is 0 Å². The van der Waals surface area contributed by atoms with Crippen molar-refractivity contribution in [2.75, 3.05) is 26.7 Å². The maximum atomic E-state index is 3.93. The fourth-order valence-electron chi connectivity index (χ4n) is 1.63. The van der Waals surface area contributed by atoms with E-state index >= 15 is 0 Å². The van der Waals surface area contributed by atoms with Crippen molar-refractivity contribution in [3.63, 3.8) is 0 Å². The molecule has 1 aliphatic rings. The van der Waals surface area contributed by atoms with Gasteiger partial charge < -0.3 is 0 Å². The third-order valence-corrected chi connectivity index (χ3v) is 2.26. The standard InChI is InChI=1S/C11H20N2/c1-11(2)10-12(3)13-8-6-4-5-7-9-13/h4-5H,1,6-10H2,2-3H3. The molecular formula is C11H20N2. The average molecular weight is 180 g/mol. The second kappa shape index (κ2) is 5.20. The van der Waals surface area contributed by atoms with Crippen LogP contribution in [-0.2, 0) is 0 Å². The maximum absolute atomic E-state index is 3.93. The van der Waals surface area contributed by atoms with E-state index in [0.29, 0.717) is 0 Å². The van der Waals surface area contributed by atoms with Crippen molar-refractivity contribution in [1.82, 2.24) is 10.0 Å². The van der Waals surface area contributed by atoms with E-state index in [0.717, 1.165) is 19.6 Å². The van der Waals surface area contributed by atoms with Gasteiger partial charge in [-0.15, -0.1) is 0 Å². The summed E-state index contributed by atoms with van der Waals surface area (Å²) in [6.07, 6.45) is 6.88. The Kier molecular flexibility index (Phi) is 4.19. The Bertz CT molecular complexity index is 186. The fourth-order valence-corrected chi connectivity index (χ4v) is 1.63.